The number of amides is 1. The predicted octanol–water partition coefficient (Wildman–Crippen LogP) is 3.39. The van der Waals surface area contributed by atoms with Gasteiger partial charge in [-0.25, -0.2) is 4.79 Å². The van der Waals surface area contributed by atoms with Crippen molar-refractivity contribution in [3.63, 3.8) is 0 Å². The van der Waals surface area contributed by atoms with Crippen LogP contribution in [0.5, 0.6) is 17.2 Å². The molecule has 7 heteroatoms. The lowest BCUT2D eigenvalue weighted by Crippen LogP contribution is -2.30. The number of esters is 1. The third-order valence-electron chi connectivity index (χ3n) is 4.89. The van der Waals surface area contributed by atoms with Crippen LogP contribution in [0.25, 0.3) is 10.8 Å². The summed E-state index contributed by atoms with van der Waals surface area (Å²) in [6, 6.07) is 16.6. The van der Waals surface area contributed by atoms with Crippen LogP contribution in [0.2, 0.25) is 0 Å². The van der Waals surface area contributed by atoms with Crippen molar-refractivity contribution >= 4 is 22.6 Å². The first-order valence-electron chi connectivity index (χ1n) is 9.41. The molecule has 0 saturated carbocycles. The number of hydrogen-bond donors (Lipinski definition) is 0. The summed E-state index contributed by atoms with van der Waals surface area (Å²) in [5.74, 6) is 0.985. The molecule has 0 bridgehead atoms. The Morgan fingerprint density at radius 1 is 0.967 bits per heavy atom. The second-order valence-corrected chi connectivity index (χ2v) is 6.94. The van der Waals surface area contributed by atoms with Gasteiger partial charge < -0.3 is 23.8 Å². The van der Waals surface area contributed by atoms with Gasteiger partial charge in [0.1, 0.15) is 5.75 Å². The molecule has 154 valence electrons. The topological polar surface area (TPSA) is 74.3 Å². The van der Waals surface area contributed by atoms with Crippen molar-refractivity contribution in [3.8, 4) is 17.2 Å². The highest BCUT2D eigenvalue weighted by atomic mass is 16.7. The molecule has 30 heavy (non-hydrogen) atoms. The van der Waals surface area contributed by atoms with Crippen molar-refractivity contribution < 1.29 is 28.5 Å². The molecule has 1 aliphatic heterocycles. The minimum atomic E-state index is -0.588. The number of hydrogen-bond acceptors (Lipinski definition) is 6. The summed E-state index contributed by atoms with van der Waals surface area (Å²) in [6.45, 7) is 0.191. The minimum Gasteiger partial charge on any atom is -0.497 e. The monoisotopic (exact) mass is 407 g/mol. The summed E-state index contributed by atoms with van der Waals surface area (Å²) in [4.78, 5) is 26.2. The van der Waals surface area contributed by atoms with E-state index in [0.29, 0.717) is 23.6 Å². The molecule has 0 unspecified atom stereocenters. The third-order valence-corrected chi connectivity index (χ3v) is 4.89. The van der Waals surface area contributed by atoms with Crippen molar-refractivity contribution in [1.82, 2.24) is 4.90 Å². The Morgan fingerprint density at radius 2 is 1.73 bits per heavy atom. The van der Waals surface area contributed by atoms with Crippen molar-refractivity contribution in [2.45, 2.75) is 6.54 Å². The number of benzene rings is 3. The molecule has 1 aliphatic rings. The van der Waals surface area contributed by atoms with Gasteiger partial charge in [-0.1, -0.05) is 18.2 Å². The van der Waals surface area contributed by atoms with E-state index in [1.165, 1.54) is 4.90 Å². The number of fused-ring (bicyclic) bond motifs is 2. The zero-order chi connectivity index (χ0) is 21.1. The predicted molar refractivity (Wildman–Crippen MR) is 110 cm³/mol. The van der Waals surface area contributed by atoms with E-state index >= 15 is 0 Å². The molecule has 7 nitrogen and oxygen atoms in total. The molecule has 0 radical (unpaired) electrons. The fourth-order valence-corrected chi connectivity index (χ4v) is 3.20. The molecule has 1 amide bonds. The SMILES string of the molecule is COc1ccc2cc(CN(C)C(=O)COC(=O)c3ccc4c(c3)OCO4)ccc2c1. The van der Waals surface area contributed by atoms with Gasteiger partial charge in [0.15, 0.2) is 18.1 Å². The Kier molecular flexibility index (Phi) is 5.43. The quantitative estimate of drug-likeness (QED) is 0.583. The maximum Gasteiger partial charge on any atom is 0.338 e. The number of ether oxygens (including phenoxy) is 4. The molecule has 3 aromatic carbocycles. The van der Waals surface area contributed by atoms with E-state index in [2.05, 4.69) is 0 Å². The van der Waals surface area contributed by atoms with Gasteiger partial charge in [-0.05, 0) is 52.7 Å². The summed E-state index contributed by atoms with van der Waals surface area (Å²) in [5, 5.41) is 2.12. The third kappa shape index (κ3) is 4.15. The summed E-state index contributed by atoms with van der Waals surface area (Å²) in [6.07, 6.45) is 0. The Morgan fingerprint density at radius 3 is 2.57 bits per heavy atom. The molecule has 0 spiro atoms. The smallest absolute Gasteiger partial charge is 0.338 e. The van der Waals surface area contributed by atoms with Gasteiger partial charge in [-0.15, -0.1) is 0 Å². The van der Waals surface area contributed by atoms with E-state index in [-0.39, 0.29) is 19.3 Å². The van der Waals surface area contributed by atoms with Crippen LogP contribution in [-0.2, 0) is 16.1 Å². The normalized spacial score (nSPS) is 11.9. The van der Waals surface area contributed by atoms with E-state index in [4.69, 9.17) is 18.9 Å². The second-order valence-electron chi connectivity index (χ2n) is 6.94. The molecule has 4 rings (SSSR count). The maximum atomic E-state index is 12.4. The Labute approximate surface area is 173 Å². The first-order chi connectivity index (χ1) is 14.5. The highest BCUT2D eigenvalue weighted by Crippen LogP contribution is 2.32. The van der Waals surface area contributed by atoms with Gasteiger partial charge in [0.05, 0.1) is 12.7 Å². The molecule has 0 fully saturated rings. The van der Waals surface area contributed by atoms with Crippen molar-refractivity contribution in [2.24, 2.45) is 0 Å². The maximum absolute atomic E-state index is 12.4. The lowest BCUT2D eigenvalue weighted by Gasteiger charge is -2.17. The van der Waals surface area contributed by atoms with Crippen molar-refractivity contribution in [1.29, 1.82) is 0 Å². The van der Waals surface area contributed by atoms with Gasteiger partial charge in [-0.3, -0.25) is 4.79 Å². The van der Waals surface area contributed by atoms with Crippen molar-refractivity contribution in [2.75, 3.05) is 27.6 Å². The molecule has 0 saturated heterocycles. The minimum absolute atomic E-state index is 0.124. The van der Waals surface area contributed by atoms with Gasteiger partial charge in [0, 0.05) is 13.6 Å². The van der Waals surface area contributed by atoms with Crippen LogP contribution < -0.4 is 14.2 Å². The van der Waals surface area contributed by atoms with E-state index in [9.17, 15) is 9.59 Å². The number of likely N-dealkylation sites (N-methyl/N-ethyl adjacent to an activating group) is 1. The number of carbonyl (C=O) groups is 2. The summed E-state index contributed by atoms with van der Waals surface area (Å²) >= 11 is 0. The fraction of sp³-hybridized carbons (Fsp3) is 0.217. The fourth-order valence-electron chi connectivity index (χ4n) is 3.20. The Balaban J connectivity index is 1.34. The lowest BCUT2D eigenvalue weighted by atomic mass is 10.1. The first-order valence-corrected chi connectivity index (χ1v) is 9.41. The van der Waals surface area contributed by atoms with E-state index in [1.54, 1.807) is 32.4 Å². The lowest BCUT2D eigenvalue weighted by molar-refractivity contribution is -0.133. The van der Waals surface area contributed by atoms with Crippen LogP contribution in [0.1, 0.15) is 15.9 Å². The van der Waals surface area contributed by atoms with Crippen LogP contribution in [0.15, 0.2) is 54.6 Å². The average molecular weight is 407 g/mol. The van der Waals surface area contributed by atoms with Crippen LogP contribution >= 0.6 is 0 Å². The van der Waals surface area contributed by atoms with Crippen molar-refractivity contribution in [3.05, 3.63) is 65.7 Å². The number of nitrogens with zero attached hydrogens (tertiary/aromatic N) is 1. The zero-order valence-electron chi connectivity index (χ0n) is 16.7. The van der Waals surface area contributed by atoms with Crippen LogP contribution in [-0.4, -0.2) is 44.3 Å². The number of methoxy groups -OCH3 is 1. The van der Waals surface area contributed by atoms with Gasteiger partial charge >= 0.3 is 5.97 Å². The molecular formula is C23H21NO6. The van der Waals surface area contributed by atoms with Crippen LogP contribution in [0.4, 0.5) is 0 Å². The highest BCUT2D eigenvalue weighted by Gasteiger charge is 2.18. The molecule has 0 atom stereocenters. The standard InChI is InChI=1S/C23H21NO6/c1-24(12-15-3-4-17-10-19(27-2)7-5-16(17)9-15)22(25)13-28-23(26)18-6-8-20-21(11-18)30-14-29-20/h3-11H,12-14H2,1-2H3. The number of carbonyl (C=O) groups excluding carboxylic acids is 2. The molecule has 0 aliphatic carbocycles. The zero-order valence-corrected chi connectivity index (χ0v) is 16.7. The molecule has 3 aromatic rings. The Bertz CT molecular complexity index is 1110. The second kappa shape index (κ2) is 8.32. The largest absolute Gasteiger partial charge is 0.497 e. The number of rotatable bonds is 6. The van der Waals surface area contributed by atoms with E-state index in [0.717, 1.165) is 22.1 Å². The first kappa shape index (κ1) is 19.6. The van der Waals surface area contributed by atoms with E-state index < -0.39 is 5.97 Å². The van der Waals surface area contributed by atoms with Gasteiger partial charge in [0.2, 0.25) is 6.79 Å². The average Bonchev–Trinajstić information content (AvgIpc) is 3.24. The van der Waals surface area contributed by atoms with Crippen LogP contribution in [0, 0.1) is 0 Å². The molecule has 1 heterocycles. The van der Waals surface area contributed by atoms with E-state index in [1.807, 2.05) is 36.4 Å². The van der Waals surface area contributed by atoms with Crippen LogP contribution in [0.3, 0.4) is 0 Å². The molecular weight excluding hydrogens is 386 g/mol. The molecule has 0 N–H and O–H groups in total. The van der Waals surface area contributed by atoms with Gasteiger partial charge in [0.25, 0.3) is 5.91 Å². The highest BCUT2D eigenvalue weighted by molar-refractivity contribution is 5.92. The summed E-state index contributed by atoms with van der Waals surface area (Å²) < 4.78 is 20.9. The van der Waals surface area contributed by atoms with Gasteiger partial charge in [-0.2, -0.15) is 0 Å². The Hall–Kier alpha value is -3.74. The molecule has 0 aromatic heterocycles. The summed E-state index contributed by atoms with van der Waals surface area (Å²) in [5.41, 5.74) is 1.28. The summed E-state index contributed by atoms with van der Waals surface area (Å²) in [7, 11) is 3.31.